The number of rotatable bonds is 30. The average molecular weight is 979 g/mol. The molecule has 0 aromatic heterocycles. The highest BCUT2D eigenvalue weighted by Gasteiger charge is 2.39. The van der Waals surface area contributed by atoms with Gasteiger partial charge in [0, 0.05) is 13.0 Å². The number of carbonyl (C=O) groups excluding carboxylic acids is 9. The van der Waals surface area contributed by atoms with Gasteiger partial charge in [0.2, 0.25) is 53.2 Å². The molecule has 21 nitrogen and oxygen atoms in total. The summed E-state index contributed by atoms with van der Waals surface area (Å²) < 4.78 is 0. The van der Waals surface area contributed by atoms with Crippen LogP contribution < -0.4 is 48.7 Å². The minimum atomic E-state index is -1.32. The summed E-state index contributed by atoms with van der Waals surface area (Å²) >= 11 is 0. The molecular weight excluding hydrogens is 893 g/mol. The number of amides is 9. The molecule has 394 valence electrons. The third-order valence-corrected chi connectivity index (χ3v) is 11.9. The lowest BCUT2D eigenvalue weighted by Crippen LogP contribution is -2.62. The molecule has 21 heteroatoms. The maximum atomic E-state index is 14.2. The zero-order chi connectivity index (χ0) is 53.0. The molecule has 0 radical (unpaired) electrons. The van der Waals surface area contributed by atoms with Gasteiger partial charge in [0.1, 0.15) is 48.3 Å². The van der Waals surface area contributed by atoms with Crippen LogP contribution in [0.5, 0.6) is 0 Å². The van der Waals surface area contributed by atoms with Gasteiger partial charge in [-0.3, -0.25) is 43.2 Å². The first-order valence-corrected chi connectivity index (χ1v) is 24.7. The van der Waals surface area contributed by atoms with Crippen molar-refractivity contribution in [1.29, 1.82) is 0 Å². The Hall–Kier alpha value is -5.34. The number of primary amides is 1. The molecule has 0 aliphatic carbocycles. The van der Waals surface area contributed by atoms with E-state index >= 15 is 0 Å². The van der Waals surface area contributed by atoms with Crippen LogP contribution in [0, 0.1) is 35.5 Å². The van der Waals surface area contributed by atoms with Crippen LogP contribution in [0.4, 0.5) is 0 Å². The number of hydrogen-bond acceptors (Lipinski definition) is 11. The van der Waals surface area contributed by atoms with E-state index in [9.17, 15) is 53.1 Å². The number of carboxylic acids is 1. The second-order valence-electron chi connectivity index (χ2n) is 20.7. The number of nitrogens with one attached hydrogen (secondary N) is 7. The van der Waals surface area contributed by atoms with Gasteiger partial charge >= 0.3 is 5.97 Å². The van der Waals surface area contributed by atoms with E-state index in [2.05, 4.69) is 37.2 Å². The Bertz CT molecular complexity index is 1770. The molecule has 69 heavy (non-hydrogen) atoms. The van der Waals surface area contributed by atoms with Gasteiger partial charge in [-0.25, -0.2) is 4.79 Å². The van der Waals surface area contributed by atoms with Crippen LogP contribution in [-0.4, -0.2) is 130 Å². The van der Waals surface area contributed by atoms with Gasteiger partial charge in [-0.15, -0.1) is 0 Å². The predicted octanol–water partition coefficient (Wildman–Crippen LogP) is 0.955. The summed E-state index contributed by atoms with van der Waals surface area (Å²) in [4.78, 5) is 135. The lowest BCUT2D eigenvalue weighted by atomic mass is 9.95. The van der Waals surface area contributed by atoms with Gasteiger partial charge in [-0.1, -0.05) is 89.5 Å². The fourth-order valence-corrected chi connectivity index (χ4v) is 8.00. The molecule has 0 aromatic carbocycles. The lowest BCUT2D eigenvalue weighted by molar-refractivity contribution is -0.143. The van der Waals surface area contributed by atoms with Crippen LogP contribution in [0.15, 0.2) is 0 Å². The van der Waals surface area contributed by atoms with Crippen molar-refractivity contribution in [3.8, 4) is 0 Å². The molecule has 1 heterocycles. The van der Waals surface area contributed by atoms with E-state index in [4.69, 9.17) is 11.5 Å². The molecular formula is C48H86N10O11. The first kappa shape index (κ1) is 61.7. The Labute approximate surface area is 409 Å². The van der Waals surface area contributed by atoms with Crippen LogP contribution in [0.2, 0.25) is 0 Å². The van der Waals surface area contributed by atoms with Crippen molar-refractivity contribution in [3.63, 3.8) is 0 Å². The van der Waals surface area contributed by atoms with Gasteiger partial charge in [0.15, 0.2) is 0 Å². The highest BCUT2D eigenvalue weighted by Crippen LogP contribution is 2.20. The van der Waals surface area contributed by atoms with Gasteiger partial charge in [-0.2, -0.15) is 0 Å². The van der Waals surface area contributed by atoms with Crippen molar-refractivity contribution in [2.45, 2.75) is 202 Å². The number of carbonyl (C=O) groups is 10. The third kappa shape index (κ3) is 21.5. The Morgan fingerprint density at radius 2 is 0.942 bits per heavy atom. The smallest absolute Gasteiger partial charge is 0.326 e. The first-order valence-electron chi connectivity index (χ1n) is 24.7. The molecule has 0 spiro atoms. The summed E-state index contributed by atoms with van der Waals surface area (Å²) in [5, 5.41) is 28.7. The second kappa shape index (κ2) is 29.6. The quantitative estimate of drug-likeness (QED) is 0.0481. The molecule has 1 fully saturated rings. The molecule has 0 unspecified atom stereocenters. The molecule has 0 bridgehead atoms. The topological polar surface area (TPSA) is 330 Å². The molecule has 0 aromatic rings. The first-order chi connectivity index (χ1) is 32.0. The summed E-state index contributed by atoms with van der Waals surface area (Å²) in [5.74, 6) is -8.61. The monoisotopic (exact) mass is 979 g/mol. The fraction of sp³-hybridized carbons (Fsp3) is 0.792. The largest absolute Gasteiger partial charge is 0.480 e. The molecule has 1 rings (SSSR count). The third-order valence-electron chi connectivity index (χ3n) is 11.9. The highest BCUT2D eigenvalue weighted by molar-refractivity contribution is 5.98. The maximum Gasteiger partial charge on any atom is 0.326 e. The van der Waals surface area contributed by atoms with E-state index in [-0.39, 0.29) is 62.2 Å². The summed E-state index contributed by atoms with van der Waals surface area (Å²) in [6.45, 7) is 23.4. The lowest BCUT2D eigenvalue weighted by Gasteiger charge is -2.31. The van der Waals surface area contributed by atoms with Crippen molar-refractivity contribution in [2.75, 3.05) is 6.54 Å². The van der Waals surface area contributed by atoms with Crippen molar-refractivity contribution in [1.82, 2.24) is 42.1 Å². The number of nitrogens with two attached hydrogens (primary N) is 2. The zero-order valence-electron chi connectivity index (χ0n) is 43.4. The van der Waals surface area contributed by atoms with Crippen LogP contribution in [-0.2, 0) is 47.9 Å². The fourth-order valence-electron chi connectivity index (χ4n) is 8.00. The number of hydrogen-bond donors (Lipinski definition) is 10. The van der Waals surface area contributed by atoms with Crippen molar-refractivity contribution < 1.29 is 53.1 Å². The number of nitrogens with zero attached hydrogens (tertiary/aromatic N) is 1. The molecule has 1 saturated heterocycles. The van der Waals surface area contributed by atoms with Crippen LogP contribution in [0.1, 0.15) is 148 Å². The Kier molecular flexibility index (Phi) is 26.5. The van der Waals surface area contributed by atoms with E-state index in [1.54, 1.807) is 20.8 Å². The number of aliphatic carboxylic acids is 1. The Morgan fingerprint density at radius 3 is 1.35 bits per heavy atom. The van der Waals surface area contributed by atoms with E-state index in [1.807, 2.05) is 62.3 Å². The maximum absolute atomic E-state index is 14.2. The Morgan fingerprint density at radius 1 is 0.551 bits per heavy atom. The molecule has 1 aliphatic rings. The summed E-state index contributed by atoms with van der Waals surface area (Å²) in [5.41, 5.74) is 11.2. The SMILES string of the molecule is CC[C@H](C)[C@H](NC(=O)[C@H](CC(C)C)NC(=O)[C@H](CC(C)C)NC(=O)[C@H](CCC(N)=O)NC(=O)[C@@H]1CCCN1C(=O)[C@H](C)N)C(=O)N[C@H](C(=O)N[C@@H](CC(C)C)C(=O)N[C@@H](CC(C)C)C(=O)O)C(C)C. The zero-order valence-corrected chi connectivity index (χ0v) is 43.4. The highest BCUT2D eigenvalue weighted by atomic mass is 16.4. The van der Waals surface area contributed by atoms with Crippen molar-refractivity contribution >= 4 is 59.1 Å². The van der Waals surface area contributed by atoms with Crippen LogP contribution in [0.25, 0.3) is 0 Å². The van der Waals surface area contributed by atoms with Crippen LogP contribution >= 0.6 is 0 Å². The average Bonchev–Trinajstić information content (AvgIpc) is 3.73. The minimum Gasteiger partial charge on any atom is -0.480 e. The molecule has 9 amide bonds. The molecule has 1 aliphatic heterocycles. The Balaban J connectivity index is 3.41. The number of carboxylic acid groups (broad SMARTS) is 1. The van der Waals surface area contributed by atoms with E-state index < -0.39 is 125 Å². The van der Waals surface area contributed by atoms with E-state index in [0.717, 1.165) is 0 Å². The van der Waals surface area contributed by atoms with E-state index in [1.165, 1.54) is 11.8 Å². The minimum absolute atomic E-state index is 0.0343. The molecule has 10 atom stereocenters. The van der Waals surface area contributed by atoms with Gasteiger partial charge in [-0.05, 0) is 87.4 Å². The van der Waals surface area contributed by atoms with Crippen molar-refractivity contribution in [3.05, 3.63) is 0 Å². The van der Waals surface area contributed by atoms with Gasteiger partial charge in [0.25, 0.3) is 0 Å². The standard InChI is InChI=1S/C48H86N10O11/c1-14-29(12)39(46(66)56-38(28(10)11)45(65)54-33(21-25(4)5)42(62)55-35(48(68)69)23-27(8)9)57-43(63)34(22-26(6)7)53-41(61)32(20-24(2)3)52-40(60)31(17-18-37(50)59)51-44(64)36-16-15-19-58(36)47(67)30(13)49/h24-36,38-39H,14-23,49H2,1-13H3,(H2,50,59)(H,51,64)(H,52,60)(H,53,61)(H,54,65)(H,55,62)(H,56,66)(H,57,63)(H,68,69)/t29-,30-,31-,32-,33-,34-,35-,36-,38-,39-/m0/s1. The van der Waals surface area contributed by atoms with Crippen molar-refractivity contribution in [2.24, 2.45) is 47.0 Å². The summed E-state index contributed by atoms with van der Waals surface area (Å²) in [6, 6.07) is -10.1. The predicted molar refractivity (Wildman–Crippen MR) is 260 cm³/mol. The van der Waals surface area contributed by atoms with Crippen LogP contribution in [0.3, 0.4) is 0 Å². The van der Waals surface area contributed by atoms with Gasteiger partial charge < -0.3 is 58.7 Å². The summed E-state index contributed by atoms with van der Waals surface area (Å²) in [6.07, 6.45) is 1.40. The molecule has 0 saturated carbocycles. The summed E-state index contributed by atoms with van der Waals surface area (Å²) in [7, 11) is 0. The molecule has 12 N–H and O–H groups in total. The number of likely N-dealkylation sites (tertiary alicyclic amines) is 1. The van der Waals surface area contributed by atoms with Gasteiger partial charge in [0.05, 0.1) is 6.04 Å². The normalized spacial score (nSPS) is 17.7. The second-order valence-corrected chi connectivity index (χ2v) is 20.7. The van der Waals surface area contributed by atoms with E-state index in [0.29, 0.717) is 25.8 Å².